The number of aromatic nitrogens is 1. The Hall–Kier alpha value is -2.27. The van der Waals surface area contributed by atoms with Crippen LogP contribution in [0.1, 0.15) is 18.5 Å². The van der Waals surface area contributed by atoms with Crippen LogP contribution in [0.25, 0.3) is 0 Å². The molecule has 0 unspecified atom stereocenters. The first-order valence-electron chi connectivity index (χ1n) is 5.00. The Bertz CT molecular complexity index is 490. The summed E-state index contributed by atoms with van der Waals surface area (Å²) in [6.45, 7) is 0.585. The molecule has 16 heavy (non-hydrogen) atoms. The molecule has 0 radical (unpaired) electrons. The molecule has 0 bridgehead atoms. The molecule has 0 atom stereocenters. The van der Waals surface area contributed by atoms with Crippen LogP contribution in [0.15, 0.2) is 12.3 Å². The molecule has 1 aromatic rings. The first-order valence-corrected chi connectivity index (χ1v) is 5.00. The van der Waals surface area contributed by atoms with Gasteiger partial charge in [0.25, 0.3) is 0 Å². The van der Waals surface area contributed by atoms with Crippen molar-refractivity contribution in [3.63, 3.8) is 0 Å². The van der Waals surface area contributed by atoms with Crippen molar-refractivity contribution in [3.05, 3.63) is 18.0 Å². The van der Waals surface area contributed by atoms with E-state index in [1.54, 1.807) is 0 Å². The predicted molar refractivity (Wildman–Crippen MR) is 59.1 cm³/mol. The number of rotatable bonds is 3. The van der Waals surface area contributed by atoms with Crippen LogP contribution in [0.3, 0.4) is 0 Å². The van der Waals surface area contributed by atoms with E-state index in [2.05, 4.69) is 16.4 Å². The summed E-state index contributed by atoms with van der Waals surface area (Å²) < 4.78 is 0. The SMILES string of the molecule is N#Cc1cc(N)c(NCC2(C#N)CC2)cn1. The van der Waals surface area contributed by atoms with E-state index in [-0.39, 0.29) is 5.41 Å². The van der Waals surface area contributed by atoms with E-state index in [9.17, 15) is 0 Å². The minimum Gasteiger partial charge on any atom is -0.397 e. The first-order chi connectivity index (χ1) is 7.69. The fourth-order valence-electron chi connectivity index (χ4n) is 1.42. The third-order valence-corrected chi connectivity index (χ3v) is 2.76. The quantitative estimate of drug-likeness (QED) is 0.787. The Morgan fingerprint density at radius 3 is 2.75 bits per heavy atom. The lowest BCUT2D eigenvalue weighted by Gasteiger charge is -2.11. The van der Waals surface area contributed by atoms with Crippen LogP contribution < -0.4 is 11.1 Å². The minimum absolute atomic E-state index is 0.222. The topological polar surface area (TPSA) is 98.5 Å². The van der Waals surface area contributed by atoms with E-state index in [1.807, 2.05) is 6.07 Å². The van der Waals surface area contributed by atoms with Gasteiger partial charge >= 0.3 is 0 Å². The van der Waals surface area contributed by atoms with Gasteiger partial charge in [0.2, 0.25) is 0 Å². The standard InChI is InChI=1S/C11H11N5/c12-4-8-3-9(14)10(5-15-8)16-7-11(6-13)1-2-11/h3,5,16H,1-2,7H2,(H2,14,15). The van der Waals surface area contributed by atoms with E-state index < -0.39 is 0 Å². The molecule has 0 spiro atoms. The summed E-state index contributed by atoms with van der Waals surface area (Å²) in [6, 6.07) is 5.73. The van der Waals surface area contributed by atoms with Gasteiger partial charge in [0.05, 0.1) is 29.1 Å². The van der Waals surface area contributed by atoms with Gasteiger partial charge in [-0.3, -0.25) is 0 Å². The zero-order chi connectivity index (χ0) is 11.6. The van der Waals surface area contributed by atoms with Crippen molar-refractivity contribution in [3.8, 4) is 12.1 Å². The normalized spacial score (nSPS) is 15.9. The molecule has 1 fully saturated rings. The molecule has 2 rings (SSSR count). The van der Waals surface area contributed by atoms with Crippen molar-refractivity contribution >= 4 is 11.4 Å². The van der Waals surface area contributed by atoms with Crippen LogP contribution in [0.5, 0.6) is 0 Å². The van der Waals surface area contributed by atoms with Crippen LogP contribution in [-0.4, -0.2) is 11.5 Å². The summed E-state index contributed by atoms with van der Waals surface area (Å²) >= 11 is 0. The highest BCUT2D eigenvalue weighted by Crippen LogP contribution is 2.44. The van der Waals surface area contributed by atoms with Crippen molar-refractivity contribution in [2.45, 2.75) is 12.8 Å². The number of nitrogens with one attached hydrogen (secondary N) is 1. The molecule has 1 aliphatic carbocycles. The Balaban J connectivity index is 2.06. The Morgan fingerprint density at radius 1 is 1.50 bits per heavy atom. The molecule has 5 nitrogen and oxygen atoms in total. The van der Waals surface area contributed by atoms with Gasteiger partial charge in [-0.1, -0.05) is 0 Å². The molecular weight excluding hydrogens is 202 g/mol. The van der Waals surface area contributed by atoms with Gasteiger partial charge in [0, 0.05) is 6.54 Å². The summed E-state index contributed by atoms with van der Waals surface area (Å²) in [5.74, 6) is 0. The maximum absolute atomic E-state index is 8.91. The molecule has 80 valence electrons. The number of anilines is 2. The summed E-state index contributed by atoms with van der Waals surface area (Å²) in [4.78, 5) is 3.92. The molecular formula is C11H11N5. The van der Waals surface area contributed by atoms with Crippen LogP contribution >= 0.6 is 0 Å². The van der Waals surface area contributed by atoms with Crippen LogP contribution in [0.4, 0.5) is 11.4 Å². The molecule has 0 aliphatic heterocycles. The molecule has 5 heteroatoms. The second-order valence-corrected chi connectivity index (χ2v) is 4.01. The van der Waals surface area contributed by atoms with Crippen LogP contribution in [0.2, 0.25) is 0 Å². The second kappa shape index (κ2) is 3.71. The monoisotopic (exact) mass is 213 g/mol. The molecule has 3 N–H and O–H groups in total. The van der Waals surface area contributed by atoms with E-state index >= 15 is 0 Å². The fourth-order valence-corrected chi connectivity index (χ4v) is 1.42. The summed E-state index contributed by atoms with van der Waals surface area (Å²) in [5.41, 5.74) is 6.99. The van der Waals surface area contributed by atoms with Crippen molar-refractivity contribution in [1.29, 1.82) is 10.5 Å². The lowest BCUT2D eigenvalue weighted by atomic mass is 10.1. The second-order valence-electron chi connectivity index (χ2n) is 4.01. The number of pyridine rings is 1. The highest BCUT2D eigenvalue weighted by molar-refractivity contribution is 5.66. The van der Waals surface area contributed by atoms with Crippen LogP contribution in [0, 0.1) is 28.1 Å². The third kappa shape index (κ3) is 1.89. The number of nitrogens with zero attached hydrogens (tertiary/aromatic N) is 3. The predicted octanol–water partition coefficient (Wildman–Crippen LogP) is 1.25. The van der Waals surface area contributed by atoms with Crippen LogP contribution in [-0.2, 0) is 0 Å². The summed E-state index contributed by atoms with van der Waals surface area (Å²) in [6.07, 6.45) is 3.39. The van der Waals surface area contributed by atoms with Crippen molar-refractivity contribution in [2.75, 3.05) is 17.6 Å². The number of nitrogens with two attached hydrogens (primary N) is 1. The van der Waals surface area contributed by atoms with Gasteiger partial charge < -0.3 is 11.1 Å². The van der Waals surface area contributed by atoms with Gasteiger partial charge in [-0.05, 0) is 18.9 Å². The van der Waals surface area contributed by atoms with Crippen molar-refractivity contribution in [1.82, 2.24) is 4.98 Å². The Kier molecular flexibility index (Phi) is 2.38. The highest BCUT2D eigenvalue weighted by Gasteiger charge is 2.42. The first kappa shape index (κ1) is 10.3. The number of nitrogen functional groups attached to an aromatic ring is 1. The zero-order valence-corrected chi connectivity index (χ0v) is 8.70. The Labute approximate surface area is 93.5 Å². The third-order valence-electron chi connectivity index (χ3n) is 2.76. The van der Waals surface area contributed by atoms with E-state index in [0.29, 0.717) is 23.6 Å². The van der Waals surface area contributed by atoms with Gasteiger partial charge in [-0.25, -0.2) is 4.98 Å². The molecule has 0 aromatic carbocycles. The zero-order valence-electron chi connectivity index (χ0n) is 8.70. The Morgan fingerprint density at radius 2 is 2.25 bits per heavy atom. The maximum atomic E-state index is 8.91. The number of hydrogen-bond donors (Lipinski definition) is 2. The van der Waals surface area contributed by atoms with Crippen molar-refractivity contribution in [2.24, 2.45) is 5.41 Å². The number of hydrogen-bond acceptors (Lipinski definition) is 5. The van der Waals surface area contributed by atoms with E-state index in [4.69, 9.17) is 16.3 Å². The minimum atomic E-state index is -0.222. The largest absolute Gasteiger partial charge is 0.397 e. The molecule has 0 amide bonds. The van der Waals surface area contributed by atoms with Crippen molar-refractivity contribution < 1.29 is 0 Å². The van der Waals surface area contributed by atoms with Gasteiger partial charge in [-0.15, -0.1) is 0 Å². The maximum Gasteiger partial charge on any atom is 0.142 e. The molecule has 1 aliphatic rings. The van der Waals surface area contributed by atoms with E-state index in [1.165, 1.54) is 12.3 Å². The molecule has 0 saturated heterocycles. The average molecular weight is 213 g/mol. The lowest BCUT2D eigenvalue weighted by molar-refractivity contribution is 0.711. The fraction of sp³-hybridized carbons (Fsp3) is 0.364. The molecule has 1 saturated carbocycles. The smallest absolute Gasteiger partial charge is 0.142 e. The average Bonchev–Trinajstić information content (AvgIpc) is 3.08. The molecule has 1 heterocycles. The van der Waals surface area contributed by atoms with Gasteiger partial charge in [0.15, 0.2) is 0 Å². The summed E-state index contributed by atoms with van der Waals surface area (Å²) in [7, 11) is 0. The highest BCUT2D eigenvalue weighted by atomic mass is 14.9. The lowest BCUT2D eigenvalue weighted by Crippen LogP contribution is -2.14. The summed E-state index contributed by atoms with van der Waals surface area (Å²) in [5, 5.41) is 20.6. The van der Waals surface area contributed by atoms with E-state index in [0.717, 1.165) is 12.8 Å². The van der Waals surface area contributed by atoms with Gasteiger partial charge in [0.1, 0.15) is 11.8 Å². The number of nitriles is 2. The van der Waals surface area contributed by atoms with Gasteiger partial charge in [-0.2, -0.15) is 10.5 Å². The molecule has 1 aromatic heterocycles.